The molecule has 26 heavy (non-hydrogen) atoms. The highest BCUT2D eigenvalue weighted by Gasteiger charge is 2.28. The first kappa shape index (κ1) is 16.7. The molecule has 0 saturated carbocycles. The highest BCUT2D eigenvalue weighted by Crippen LogP contribution is 2.41. The molecular weight excluding hydrogens is 314 g/mol. The molecule has 0 aliphatic heterocycles. The zero-order chi connectivity index (χ0) is 18.1. The van der Waals surface area contributed by atoms with Gasteiger partial charge in [-0.15, -0.1) is 0 Å². The summed E-state index contributed by atoms with van der Waals surface area (Å²) in [5, 5.41) is 1.27. The minimum atomic E-state index is 0.146. The van der Waals surface area contributed by atoms with E-state index in [1.165, 1.54) is 33.3 Å². The molecule has 1 atom stereocenters. The third-order valence-corrected chi connectivity index (χ3v) is 5.06. The summed E-state index contributed by atoms with van der Waals surface area (Å²) in [6, 6.07) is 30.5. The summed E-state index contributed by atoms with van der Waals surface area (Å²) in [6.45, 7) is 6.96. The van der Waals surface area contributed by atoms with Crippen LogP contribution in [-0.4, -0.2) is 4.98 Å². The fourth-order valence-corrected chi connectivity index (χ4v) is 3.94. The average Bonchev–Trinajstić information content (AvgIpc) is 3.06. The van der Waals surface area contributed by atoms with E-state index >= 15 is 0 Å². The second kappa shape index (κ2) is 6.49. The second-order valence-electron chi connectivity index (χ2n) is 8.11. The lowest BCUT2D eigenvalue weighted by atomic mass is 9.72. The van der Waals surface area contributed by atoms with Crippen LogP contribution in [0.4, 0.5) is 0 Å². The van der Waals surface area contributed by atoms with Gasteiger partial charge in [0.05, 0.1) is 0 Å². The molecule has 1 unspecified atom stereocenters. The number of aromatic nitrogens is 1. The predicted molar refractivity (Wildman–Crippen MR) is 111 cm³/mol. The summed E-state index contributed by atoms with van der Waals surface area (Å²) >= 11 is 0. The van der Waals surface area contributed by atoms with Gasteiger partial charge in [0.1, 0.15) is 0 Å². The molecule has 0 aliphatic carbocycles. The Morgan fingerprint density at radius 2 is 1.35 bits per heavy atom. The van der Waals surface area contributed by atoms with E-state index in [9.17, 15) is 0 Å². The first-order valence-electron chi connectivity index (χ1n) is 9.25. The molecule has 1 heterocycles. The van der Waals surface area contributed by atoms with Crippen molar-refractivity contribution in [1.29, 1.82) is 0 Å². The standard InChI is InChI=1S/C25H25N/c1-25(2,3)24(19-12-8-5-9-13-19)20-14-15-22-21(16-20)17-23(26-22)18-10-6-4-7-11-18/h4-17,24,26H,1-3H3. The number of hydrogen-bond acceptors (Lipinski definition) is 0. The van der Waals surface area contributed by atoms with Gasteiger partial charge in [-0.3, -0.25) is 0 Å². The highest BCUT2D eigenvalue weighted by atomic mass is 14.7. The summed E-state index contributed by atoms with van der Waals surface area (Å²) in [5.74, 6) is 0.364. The van der Waals surface area contributed by atoms with Crippen LogP contribution in [0.5, 0.6) is 0 Å². The number of fused-ring (bicyclic) bond motifs is 1. The largest absolute Gasteiger partial charge is 0.355 e. The van der Waals surface area contributed by atoms with E-state index in [4.69, 9.17) is 0 Å². The molecule has 3 aromatic carbocycles. The van der Waals surface area contributed by atoms with Crippen molar-refractivity contribution in [3.8, 4) is 11.3 Å². The molecule has 130 valence electrons. The molecule has 4 aromatic rings. The molecule has 0 amide bonds. The predicted octanol–water partition coefficient (Wildman–Crippen LogP) is 7.01. The smallest absolute Gasteiger partial charge is 0.0464 e. The van der Waals surface area contributed by atoms with Gasteiger partial charge in [-0.2, -0.15) is 0 Å². The van der Waals surface area contributed by atoms with Crippen molar-refractivity contribution in [3.63, 3.8) is 0 Å². The second-order valence-corrected chi connectivity index (χ2v) is 8.11. The molecule has 0 radical (unpaired) electrons. The maximum absolute atomic E-state index is 3.56. The van der Waals surface area contributed by atoms with Gasteiger partial charge in [0.25, 0.3) is 0 Å². The van der Waals surface area contributed by atoms with Crippen molar-refractivity contribution in [2.45, 2.75) is 26.7 Å². The van der Waals surface area contributed by atoms with Gasteiger partial charge in [0.2, 0.25) is 0 Å². The molecule has 1 heteroatoms. The summed E-state index contributed by atoms with van der Waals surface area (Å²) in [5.41, 5.74) is 6.47. The molecular formula is C25H25N. The highest BCUT2D eigenvalue weighted by molar-refractivity contribution is 5.86. The summed E-state index contributed by atoms with van der Waals surface area (Å²) in [7, 11) is 0. The third kappa shape index (κ3) is 3.17. The number of nitrogens with one attached hydrogen (secondary N) is 1. The van der Waals surface area contributed by atoms with Crippen molar-refractivity contribution < 1.29 is 0 Å². The van der Waals surface area contributed by atoms with Crippen molar-refractivity contribution in [2.75, 3.05) is 0 Å². The number of hydrogen-bond donors (Lipinski definition) is 1. The van der Waals surface area contributed by atoms with Crippen molar-refractivity contribution in [1.82, 2.24) is 4.98 Å². The van der Waals surface area contributed by atoms with Crippen LogP contribution in [0.3, 0.4) is 0 Å². The Bertz CT molecular complexity index is 1000. The fourth-order valence-electron chi connectivity index (χ4n) is 3.94. The lowest BCUT2D eigenvalue weighted by Gasteiger charge is -2.32. The van der Waals surface area contributed by atoms with Crippen molar-refractivity contribution in [3.05, 3.63) is 96.1 Å². The van der Waals surface area contributed by atoms with Crippen LogP contribution in [0.25, 0.3) is 22.2 Å². The van der Waals surface area contributed by atoms with Crippen LogP contribution in [0.15, 0.2) is 84.9 Å². The van der Waals surface area contributed by atoms with E-state index < -0.39 is 0 Å². The number of H-pyrrole nitrogens is 1. The molecule has 0 fully saturated rings. The monoisotopic (exact) mass is 339 g/mol. The Hall–Kier alpha value is -2.80. The number of rotatable bonds is 3. The van der Waals surface area contributed by atoms with Gasteiger partial charge >= 0.3 is 0 Å². The van der Waals surface area contributed by atoms with Gasteiger partial charge < -0.3 is 4.98 Å². The van der Waals surface area contributed by atoms with Gasteiger partial charge in [-0.25, -0.2) is 0 Å². The van der Waals surface area contributed by atoms with Gasteiger partial charge in [-0.1, -0.05) is 87.5 Å². The molecule has 0 spiro atoms. The minimum Gasteiger partial charge on any atom is -0.355 e. The quantitative estimate of drug-likeness (QED) is 0.413. The van der Waals surface area contributed by atoms with E-state index in [1.54, 1.807) is 0 Å². The average molecular weight is 339 g/mol. The molecule has 1 aromatic heterocycles. The van der Waals surface area contributed by atoms with Crippen LogP contribution in [0, 0.1) is 5.41 Å². The van der Waals surface area contributed by atoms with Crippen molar-refractivity contribution in [2.24, 2.45) is 5.41 Å². The minimum absolute atomic E-state index is 0.146. The van der Waals surface area contributed by atoms with Crippen LogP contribution in [0.1, 0.15) is 37.8 Å². The maximum Gasteiger partial charge on any atom is 0.0464 e. The fraction of sp³-hybridized carbons (Fsp3) is 0.200. The normalized spacial score (nSPS) is 13.0. The summed E-state index contributed by atoms with van der Waals surface area (Å²) < 4.78 is 0. The summed E-state index contributed by atoms with van der Waals surface area (Å²) in [6.07, 6.45) is 0. The van der Waals surface area contributed by atoms with Gasteiger partial charge in [-0.05, 0) is 40.3 Å². The molecule has 0 bridgehead atoms. The zero-order valence-electron chi connectivity index (χ0n) is 15.7. The lowest BCUT2D eigenvalue weighted by Crippen LogP contribution is -2.19. The molecule has 4 rings (SSSR count). The molecule has 0 saturated heterocycles. The Morgan fingerprint density at radius 3 is 2.00 bits per heavy atom. The van der Waals surface area contributed by atoms with Crippen LogP contribution < -0.4 is 0 Å². The Morgan fingerprint density at radius 1 is 0.692 bits per heavy atom. The SMILES string of the molecule is CC(C)(C)C(c1ccccc1)c1ccc2[nH]c(-c3ccccc3)cc2c1. The Balaban J connectivity index is 1.81. The van der Waals surface area contributed by atoms with Crippen LogP contribution >= 0.6 is 0 Å². The summed E-state index contributed by atoms with van der Waals surface area (Å²) in [4.78, 5) is 3.56. The molecule has 0 aliphatic rings. The maximum atomic E-state index is 3.56. The van der Waals surface area contributed by atoms with E-state index in [1.807, 2.05) is 0 Å². The molecule has 1 N–H and O–H groups in total. The third-order valence-electron chi connectivity index (χ3n) is 5.06. The van der Waals surface area contributed by atoms with E-state index in [-0.39, 0.29) is 5.41 Å². The Kier molecular flexibility index (Phi) is 4.16. The van der Waals surface area contributed by atoms with E-state index in [2.05, 4.69) is 111 Å². The Labute approximate surface area is 155 Å². The zero-order valence-corrected chi connectivity index (χ0v) is 15.7. The van der Waals surface area contributed by atoms with Crippen molar-refractivity contribution >= 4 is 10.9 Å². The van der Waals surface area contributed by atoms with Crippen LogP contribution in [-0.2, 0) is 0 Å². The van der Waals surface area contributed by atoms with Gasteiger partial charge in [0.15, 0.2) is 0 Å². The number of aromatic amines is 1. The first-order chi connectivity index (χ1) is 12.5. The first-order valence-corrected chi connectivity index (χ1v) is 9.25. The van der Waals surface area contributed by atoms with E-state index in [0.29, 0.717) is 5.92 Å². The topological polar surface area (TPSA) is 15.8 Å². The van der Waals surface area contributed by atoms with Gasteiger partial charge in [0, 0.05) is 22.5 Å². The van der Waals surface area contributed by atoms with E-state index in [0.717, 1.165) is 0 Å². The lowest BCUT2D eigenvalue weighted by molar-refractivity contribution is 0.359. The van der Waals surface area contributed by atoms with Crippen LogP contribution in [0.2, 0.25) is 0 Å². The molecule has 1 nitrogen and oxygen atoms in total. The number of benzene rings is 3.